The number of hydrogen-bond acceptors (Lipinski definition) is 3. The lowest BCUT2D eigenvalue weighted by Gasteiger charge is -2.63. The number of hydrogen-bond donors (Lipinski definition) is 0. The van der Waals surface area contributed by atoms with Crippen LogP contribution in [0.15, 0.2) is 0 Å². The standard InChI is InChI=1S/C29H43F3O3/c1-17(15-22(34)29(30,31)32)19-9-11-26(6)21-8-7-20-24(3,4)23(35-18(2)33)10-12-27(20)16-28(21,27)14-13-25(19,26)5/h17,19-21,23H,7-16H2,1-6H3/t17-,19?,20?,21?,23?,25?,26+,27?,28?/m1/s1. The second kappa shape index (κ2) is 7.49. The van der Waals surface area contributed by atoms with E-state index >= 15 is 0 Å². The van der Waals surface area contributed by atoms with Crippen LogP contribution in [0.5, 0.6) is 0 Å². The summed E-state index contributed by atoms with van der Waals surface area (Å²) in [6.07, 6.45) is 4.72. The van der Waals surface area contributed by atoms with Crippen LogP contribution < -0.4 is 0 Å². The van der Waals surface area contributed by atoms with E-state index in [0.717, 1.165) is 51.4 Å². The molecule has 0 aromatic rings. The lowest BCUT2D eigenvalue weighted by atomic mass is 9.41. The van der Waals surface area contributed by atoms with E-state index in [-0.39, 0.29) is 46.6 Å². The van der Waals surface area contributed by atoms with Crippen molar-refractivity contribution < 1.29 is 27.5 Å². The molecule has 6 heteroatoms. The molecule has 5 fully saturated rings. The minimum Gasteiger partial charge on any atom is -0.462 e. The molecule has 5 aliphatic carbocycles. The Balaban J connectivity index is 1.40. The van der Waals surface area contributed by atoms with Crippen LogP contribution >= 0.6 is 0 Å². The molecule has 5 rings (SSSR count). The number of ether oxygens (including phenoxy) is 1. The van der Waals surface area contributed by atoms with Gasteiger partial charge in [0.1, 0.15) is 6.10 Å². The number of esters is 1. The molecule has 0 aliphatic heterocycles. The molecular formula is C29H43F3O3. The molecule has 7 unspecified atom stereocenters. The van der Waals surface area contributed by atoms with Gasteiger partial charge in [0.2, 0.25) is 5.78 Å². The molecular weight excluding hydrogens is 453 g/mol. The molecule has 0 N–H and O–H groups in total. The predicted octanol–water partition coefficient (Wildman–Crippen LogP) is 7.51. The summed E-state index contributed by atoms with van der Waals surface area (Å²) < 4.78 is 44.9. The highest BCUT2D eigenvalue weighted by Crippen LogP contribution is 2.89. The molecule has 5 aliphatic rings. The first-order valence-electron chi connectivity index (χ1n) is 13.8. The molecule has 35 heavy (non-hydrogen) atoms. The Morgan fingerprint density at radius 3 is 2.14 bits per heavy atom. The van der Waals surface area contributed by atoms with Gasteiger partial charge in [-0.05, 0) is 103 Å². The molecule has 0 aromatic carbocycles. The fourth-order valence-corrected chi connectivity index (χ4v) is 11.2. The second-order valence-corrected chi connectivity index (χ2v) is 14.2. The number of halogens is 3. The highest BCUT2D eigenvalue weighted by Gasteiger charge is 2.82. The van der Waals surface area contributed by atoms with Gasteiger partial charge in [0, 0.05) is 18.8 Å². The summed E-state index contributed by atoms with van der Waals surface area (Å²) in [4.78, 5) is 23.6. The Hall–Kier alpha value is -1.07. The SMILES string of the molecule is CC(=O)OC1CCC23CC24CCC2(C)C([C@H](C)CC(=O)C(F)(F)F)CC[C@@]2(C)C4CCC3C1(C)C. The third-order valence-corrected chi connectivity index (χ3v) is 12.9. The summed E-state index contributed by atoms with van der Waals surface area (Å²) in [5.74, 6) is -0.677. The highest BCUT2D eigenvalue weighted by atomic mass is 19.4. The second-order valence-electron chi connectivity index (χ2n) is 14.2. The van der Waals surface area contributed by atoms with Crippen molar-refractivity contribution in [3.8, 4) is 0 Å². The highest BCUT2D eigenvalue weighted by molar-refractivity contribution is 5.84. The first kappa shape index (κ1) is 25.6. The van der Waals surface area contributed by atoms with E-state index < -0.39 is 12.0 Å². The molecule has 0 radical (unpaired) electrons. The lowest BCUT2D eigenvalue weighted by Crippen LogP contribution is -2.58. The fourth-order valence-electron chi connectivity index (χ4n) is 11.2. The van der Waals surface area contributed by atoms with Crippen molar-refractivity contribution in [1.82, 2.24) is 0 Å². The van der Waals surface area contributed by atoms with Gasteiger partial charge >= 0.3 is 12.1 Å². The Labute approximate surface area is 208 Å². The van der Waals surface area contributed by atoms with Gasteiger partial charge < -0.3 is 4.74 Å². The van der Waals surface area contributed by atoms with Crippen molar-refractivity contribution in [2.75, 3.05) is 0 Å². The monoisotopic (exact) mass is 496 g/mol. The summed E-state index contributed by atoms with van der Waals surface area (Å²) in [7, 11) is 0. The van der Waals surface area contributed by atoms with Gasteiger partial charge in [-0.2, -0.15) is 13.2 Å². The Kier molecular flexibility index (Phi) is 5.48. The third kappa shape index (κ3) is 3.22. The van der Waals surface area contributed by atoms with Crippen LogP contribution in [0.4, 0.5) is 13.2 Å². The molecule has 2 spiro atoms. The predicted molar refractivity (Wildman–Crippen MR) is 127 cm³/mol. The van der Waals surface area contributed by atoms with E-state index in [1.807, 2.05) is 6.92 Å². The number of alkyl halides is 3. The van der Waals surface area contributed by atoms with Crippen LogP contribution in [0, 0.1) is 50.7 Å². The first-order chi connectivity index (χ1) is 16.1. The molecule has 5 saturated carbocycles. The smallest absolute Gasteiger partial charge is 0.449 e. The maximum Gasteiger partial charge on any atom is 0.449 e. The Morgan fingerprint density at radius 1 is 0.886 bits per heavy atom. The summed E-state index contributed by atoms with van der Waals surface area (Å²) in [5.41, 5.74) is 0.718. The number of carbonyl (C=O) groups excluding carboxylic acids is 2. The summed E-state index contributed by atoms with van der Waals surface area (Å²) >= 11 is 0. The van der Waals surface area contributed by atoms with Crippen LogP contribution in [-0.4, -0.2) is 24.0 Å². The maximum atomic E-state index is 13.0. The van der Waals surface area contributed by atoms with Crippen molar-refractivity contribution in [3.63, 3.8) is 0 Å². The Morgan fingerprint density at radius 2 is 1.51 bits per heavy atom. The van der Waals surface area contributed by atoms with Crippen molar-refractivity contribution in [1.29, 1.82) is 0 Å². The molecule has 9 atom stereocenters. The van der Waals surface area contributed by atoms with Crippen LogP contribution in [-0.2, 0) is 14.3 Å². The molecule has 3 nitrogen and oxygen atoms in total. The minimum absolute atomic E-state index is 0.0165. The van der Waals surface area contributed by atoms with E-state index in [9.17, 15) is 22.8 Å². The summed E-state index contributed by atoms with van der Waals surface area (Å²) in [5, 5.41) is 0. The number of carbonyl (C=O) groups is 2. The van der Waals surface area contributed by atoms with E-state index in [0.29, 0.717) is 22.7 Å². The number of ketones is 1. The summed E-state index contributed by atoms with van der Waals surface area (Å²) in [6, 6.07) is 0. The van der Waals surface area contributed by atoms with Crippen molar-refractivity contribution in [2.45, 2.75) is 118 Å². The van der Waals surface area contributed by atoms with Gasteiger partial charge in [-0.25, -0.2) is 0 Å². The normalized spacial score (nSPS) is 48.6. The van der Waals surface area contributed by atoms with Gasteiger partial charge in [0.15, 0.2) is 0 Å². The van der Waals surface area contributed by atoms with Crippen LogP contribution in [0.25, 0.3) is 0 Å². The first-order valence-corrected chi connectivity index (χ1v) is 13.8. The number of Topliss-reactive ketones (excluding diaryl/α,β-unsaturated/α-hetero) is 1. The average Bonchev–Trinajstić information content (AvgIpc) is 3.31. The quantitative estimate of drug-likeness (QED) is 0.378. The lowest BCUT2D eigenvalue weighted by molar-refractivity contribution is -0.182. The average molecular weight is 497 g/mol. The molecule has 0 amide bonds. The van der Waals surface area contributed by atoms with Gasteiger partial charge in [-0.15, -0.1) is 0 Å². The van der Waals surface area contributed by atoms with Crippen LogP contribution in [0.2, 0.25) is 0 Å². The minimum atomic E-state index is -4.73. The zero-order chi connectivity index (χ0) is 25.8. The topological polar surface area (TPSA) is 43.4 Å². The maximum absolute atomic E-state index is 13.0. The van der Waals surface area contributed by atoms with Crippen molar-refractivity contribution >= 4 is 11.8 Å². The molecule has 0 saturated heterocycles. The molecule has 0 bridgehead atoms. The van der Waals surface area contributed by atoms with Gasteiger partial charge in [-0.1, -0.05) is 34.6 Å². The van der Waals surface area contributed by atoms with Gasteiger partial charge in [-0.3, -0.25) is 9.59 Å². The van der Waals surface area contributed by atoms with E-state index in [2.05, 4.69) is 27.7 Å². The zero-order valence-corrected chi connectivity index (χ0v) is 22.3. The summed E-state index contributed by atoms with van der Waals surface area (Å²) in [6.45, 7) is 12.8. The fraction of sp³-hybridized carbons (Fsp3) is 0.931. The van der Waals surface area contributed by atoms with E-state index in [4.69, 9.17) is 4.74 Å². The molecule has 198 valence electrons. The van der Waals surface area contributed by atoms with E-state index in [1.54, 1.807) is 0 Å². The van der Waals surface area contributed by atoms with Crippen LogP contribution in [0.3, 0.4) is 0 Å². The van der Waals surface area contributed by atoms with Crippen molar-refractivity contribution in [2.24, 2.45) is 50.7 Å². The largest absolute Gasteiger partial charge is 0.462 e. The molecule has 0 heterocycles. The third-order valence-electron chi connectivity index (χ3n) is 12.9. The van der Waals surface area contributed by atoms with Gasteiger partial charge in [0.25, 0.3) is 0 Å². The van der Waals surface area contributed by atoms with Crippen LogP contribution in [0.1, 0.15) is 106 Å². The molecule has 0 aromatic heterocycles. The Bertz CT molecular complexity index is 927. The van der Waals surface area contributed by atoms with Crippen molar-refractivity contribution in [3.05, 3.63) is 0 Å². The number of rotatable bonds is 4. The van der Waals surface area contributed by atoms with Gasteiger partial charge in [0.05, 0.1) is 0 Å². The number of fused-ring (bicyclic) bond motifs is 2. The zero-order valence-electron chi connectivity index (χ0n) is 22.3. The van der Waals surface area contributed by atoms with E-state index in [1.165, 1.54) is 13.3 Å².